The van der Waals surface area contributed by atoms with Crippen LogP contribution in [-0.4, -0.2) is 12.5 Å². The first-order valence-electron chi connectivity index (χ1n) is 3.83. The maximum Gasteiger partial charge on any atom is 0.234 e. The minimum Gasteiger partial charge on any atom is -0.351 e. The zero-order chi connectivity index (χ0) is 8.81. The van der Waals surface area contributed by atoms with Crippen LogP contribution in [0.1, 0.15) is 5.56 Å². The number of nitrogens with two attached hydrogens (primary N) is 1. The second kappa shape index (κ2) is 6.46. The van der Waals surface area contributed by atoms with Crippen molar-refractivity contribution in [2.24, 2.45) is 5.73 Å². The van der Waals surface area contributed by atoms with Gasteiger partial charge in [0, 0.05) is 6.54 Å². The number of amides is 1. The Balaban J connectivity index is 0.00000144. The fourth-order valence-electron chi connectivity index (χ4n) is 0.869. The van der Waals surface area contributed by atoms with Gasteiger partial charge in [0.2, 0.25) is 5.91 Å². The summed E-state index contributed by atoms with van der Waals surface area (Å²) in [4.78, 5) is 10.7. The van der Waals surface area contributed by atoms with Gasteiger partial charge >= 0.3 is 0 Å². The number of halogens is 1. The third-order valence-electron chi connectivity index (χ3n) is 1.52. The summed E-state index contributed by atoms with van der Waals surface area (Å²) >= 11 is 0. The van der Waals surface area contributed by atoms with Gasteiger partial charge in [-0.05, 0) is 5.56 Å². The van der Waals surface area contributed by atoms with Crippen molar-refractivity contribution < 1.29 is 4.79 Å². The molecule has 0 spiro atoms. The molecule has 0 unspecified atom stereocenters. The number of hydrogen-bond acceptors (Lipinski definition) is 2. The van der Waals surface area contributed by atoms with Crippen LogP contribution in [0.2, 0.25) is 0 Å². The van der Waals surface area contributed by atoms with Gasteiger partial charge in [0.1, 0.15) is 0 Å². The lowest BCUT2D eigenvalue weighted by molar-refractivity contribution is -0.119. The van der Waals surface area contributed by atoms with Crippen LogP contribution in [0.25, 0.3) is 0 Å². The van der Waals surface area contributed by atoms with E-state index in [0.717, 1.165) is 5.56 Å². The van der Waals surface area contributed by atoms with Gasteiger partial charge in [-0.15, -0.1) is 12.4 Å². The summed E-state index contributed by atoms with van der Waals surface area (Å²) in [5.41, 5.74) is 6.21. The lowest BCUT2D eigenvalue weighted by atomic mass is 10.2. The highest BCUT2D eigenvalue weighted by atomic mass is 35.5. The monoisotopic (exact) mass is 200 g/mol. The molecule has 0 atom stereocenters. The molecule has 0 aliphatic rings. The van der Waals surface area contributed by atoms with Crippen LogP contribution >= 0.6 is 12.4 Å². The van der Waals surface area contributed by atoms with E-state index in [2.05, 4.69) is 5.32 Å². The maximum atomic E-state index is 10.7. The highest BCUT2D eigenvalue weighted by molar-refractivity contribution is 5.85. The van der Waals surface area contributed by atoms with Gasteiger partial charge < -0.3 is 11.1 Å². The maximum absolute atomic E-state index is 10.7. The molecule has 72 valence electrons. The summed E-state index contributed by atoms with van der Waals surface area (Å²) in [6.45, 7) is 0.601. The SMILES string of the molecule is Cl.NCC(=O)NCc1ccccc1. The Morgan fingerprint density at radius 3 is 2.46 bits per heavy atom. The molecule has 0 saturated heterocycles. The van der Waals surface area contributed by atoms with Crippen LogP contribution in [0.4, 0.5) is 0 Å². The third-order valence-corrected chi connectivity index (χ3v) is 1.52. The Kier molecular flexibility index (Phi) is 5.93. The van der Waals surface area contributed by atoms with Gasteiger partial charge in [-0.3, -0.25) is 4.79 Å². The summed E-state index contributed by atoms with van der Waals surface area (Å²) in [6.07, 6.45) is 0. The fourth-order valence-corrected chi connectivity index (χ4v) is 0.869. The molecular weight excluding hydrogens is 188 g/mol. The van der Waals surface area contributed by atoms with Gasteiger partial charge in [-0.25, -0.2) is 0 Å². The molecule has 3 N–H and O–H groups in total. The third kappa shape index (κ3) is 4.50. The van der Waals surface area contributed by atoms with Crippen LogP contribution in [-0.2, 0) is 11.3 Å². The molecule has 0 bridgehead atoms. The van der Waals surface area contributed by atoms with Crippen LogP contribution < -0.4 is 11.1 Å². The topological polar surface area (TPSA) is 55.1 Å². The first-order chi connectivity index (χ1) is 5.83. The van der Waals surface area contributed by atoms with Crippen LogP contribution in [0.5, 0.6) is 0 Å². The Morgan fingerprint density at radius 2 is 1.92 bits per heavy atom. The molecule has 0 aromatic heterocycles. The molecule has 13 heavy (non-hydrogen) atoms. The number of nitrogens with one attached hydrogen (secondary N) is 1. The van der Waals surface area contributed by atoms with Crippen molar-refractivity contribution in [3.63, 3.8) is 0 Å². The Bertz CT molecular complexity index is 251. The second-order valence-corrected chi connectivity index (χ2v) is 2.47. The van der Waals surface area contributed by atoms with E-state index < -0.39 is 0 Å². The molecule has 3 nitrogen and oxygen atoms in total. The van der Waals surface area contributed by atoms with Gasteiger partial charge in [0.15, 0.2) is 0 Å². The quantitative estimate of drug-likeness (QED) is 0.754. The normalized spacial score (nSPS) is 8.69. The van der Waals surface area contributed by atoms with E-state index in [1.807, 2.05) is 30.3 Å². The van der Waals surface area contributed by atoms with E-state index in [9.17, 15) is 4.79 Å². The highest BCUT2D eigenvalue weighted by Crippen LogP contribution is 1.96. The Hall–Kier alpha value is -1.06. The van der Waals surface area contributed by atoms with Crippen molar-refractivity contribution in [2.45, 2.75) is 6.54 Å². The van der Waals surface area contributed by atoms with Gasteiger partial charge in [-0.2, -0.15) is 0 Å². The Labute approximate surface area is 83.7 Å². The van der Waals surface area contributed by atoms with Crippen molar-refractivity contribution >= 4 is 18.3 Å². The average Bonchev–Trinajstić information content (AvgIpc) is 2.16. The second-order valence-electron chi connectivity index (χ2n) is 2.47. The molecule has 0 aliphatic heterocycles. The first kappa shape index (κ1) is 11.9. The van der Waals surface area contributed by atoms with E-state index in [1.54, 1.807) is 0 Å². The number of hydrogen-bond donors (Lipinski definition) is 2. The van der Waals surface area contributed by atoms with E-state index in [4.69, 9.17) is 5.73 Å². The fraction of sp³-hybridized carbons (Fsp3) is 0.222. The predicted molar refractivity (Wildman–Crippen MR) is 54.6 cm³/mol. The van der Waals surface area contributed by atoms with Gasteiger partial charge in [-0.1, -0.05) is 30.3 Å². The lowest BCUT2D eigenvalue weighted by Gasteiger charge is -2.02. The molecule has 0 heterocycles. The summed E-state index contributed by atoms with van der Waals surface area (Å²) in [5.74, 6) is -0.126. The molecule has 1 aromatic rings. The molecular formula is C9H13ClN2O. The highest BCUT2D eigenvalue weighted by Gasteiger charge is 1.95. The van der Waals surface area contributed by atoms with E-state index in [1.165, 1.54) is 0 Å². The minimum atomic E-state index is -0.126. The van der Waals surface area contributed by atoms with E-state index >= 15 is 0 Å². The first-order valence-corrected chi connectivity index (χ1v) is 3.83. The van der Waals surface area contributed by atoms with Gasteiger partial charge in [0.05, 0.1) is 6.54 Å². The van der Waals surface area contributed by atoms with Crippen LogP contribution in [0.3, 0.4) is 0 Å². The summed E-state index contributed by atoms with van der Waals surface area (Å²) in [6, 6.07) is 9.72. The molecule has 0 radical (unpaired) electrons. The van der Waals surface area contributed by atoms with Crippen molar-refractivity contribution in [2.75, 3.05) is 6.54 Å². The molecule has 0 aliphatic carbocycles. The summed E-state index contributed by atoms with van der Waals surface area (Å²) < 4.78 is 0. The predicted octanol–water partition coefficient (Wildman–Crippen LogP) is 0.683. The zero-order valence-corrected chi connectivity index (χ0v) is 8.01. The molecule has 1 aromatic carbocycles. The number of carbonyl (C=O) groups excluding carboxylic acids is 1. The molecule has 0 fully saturated rings. The van der Waals surface area contributed by atoms with E-state index in [-0.39, 0.29) is 24.9 Å². The molecule has 1 rings (SSSR count). The van der Waals surface area contributed by atoms with Crippen molar-refractivity contribution in [1.82, 2.24) is 5.32 Å². The zero-order valence-electron chi connectivity index (χ0n) is 7.19. The van der Waals surface area contributed by atoms with Crippen molar-refractivity contribution in [1.29, 1.82) is 0 Å². The largest absolute Gasteiger partial charge is 0.351 e. The Morgan fingerprint density at radius 1 is 1.31 bits per heavy atom. The van der Waals surface area contributed by atoms with E-state index in [0.29, 0.717) is 6.54 Å². The number of carbonyl (C=O) groups is 1. The number of rotatable bonds is 3. The molecule has 1 amide bonds. The molecule has 4 heteroatoms. The van der Waals surface area contributed by atoms with Crippen LogP contribution in [0.15, 0.2) is 30.3 Å². The summed E-state index contributed by atoms with van der Waals surface area (Å²) in [5, 5.41) is 2.68. The lowest BCUT2D eigenvalue weighted by Crippen LogP contribution is -2.29. The van der Waals surface area contributed by atoms with Crippen LogP contribution in [0, 0.1) is 0 Å². The standard InChI is InChI=1S/C9H12N2O.ClH/c10-6-9(12)11-7-8-4-2-1-3-5-8;/h1-5H,6-7,10H2,(H,11,12);1H. The van der Waals surface area contributed by atoms with Crippen molar-refractivity contribution in [3.8, 4) is 0 Å². The average molecular weight is 201 g/mol. The number of benzene rings is 1. The molecule has 0 saturated carbocycles. The smallest absolute Gasteiger partial charge is 0.234 e. The minimum absolute atomic E-state index is 0. The summed E-state index contributed by atoms with van der Waals surface area (Å²) in [7, 11) is 0. The van der Waals surface area contributed by atoms with Crippen molar-refractivity contribution in [3.05, 3.63) is 35.9 Å². The van der Waals surface area contributed by atoms with Gasteiger partial charge in [0.25, 0.3) is 0 Å².